The van der Waals surface area contributed by atoms with Crippen molar-refractivity contribution in [1.82, 2.24) is 0 Å². The third-order valence-electron chi connectivity index (χ3n) is 7.30. The van der Waals surface area contributed by atoms with Gasteiger partial charge < -0.3 is 47.7 Å². The summed E-state index contributed by atoms with van der Waals surface area (Å²) in [6, 6.07) is 0. The number of unbranched alkanes of at least 4 members (excludes halogenated alkanes) is 9. The molecular weight excluding hydrogens is 608 g/mol. The van der Waals surface area contributed by atoms with Gasteiger partial charge in [-0.05, 0) is 48.0 Å². The Kier molecular flexibility index (Phi) is 33.0. The lowest BCUT2D eigenvalue weighted by Gasteiger charge is -2.22. The predicted octanol–water partition coefficient (Wildman–Crippen LogP) is 6.47. The van der Waals surface area contributed by atoms with Crippen LogP contribution >= 0.6 is 0 Å². The fourth-order valence-corrected chi connectivity index (χ4v) is 4.42. The second-order valence-electron chi connectivity index (χ2n) is 12.7. The minimum Gasteiger partial charge on any atom is -0.480 e. The Morgan fingerprint density at radius 1 is 0.426 bits per heavy atom. The molecule has 6 unspecified atom stereocenters. The molecule has 0 aliphatic heterocycles. The van der Waals surface area contributed by atoms with Crippen LogP contribution in [0.5, 0.6) is 0 Å². The van der Waals surface area contributed by atoms with E-state index in [1.165, 1.54) is 57.8 Å². The molecule has 1 N–H and O–H groups in total. The first-order valence-electron chi connectivity index (χ1n) is 18.3. The van der Waals surface area contributed by atoms with E-state index in [1.807, 2.05) is 41.5 Å². The molecule has 0 fully saturated rings. The number of ether oxygens (including phenoxy) is 9. The molecule has 0 rings (SSSR count). The first-order chi connectivity index (χ1) is 22.6. The number of rotatable bonds is 37. The van der Waals surface area contributed by atoms with E-state index < -0.39 is 5.97 Å². The standard InChI is InChI=1S/C36H72O11/c1-8-9-10-11-12-13-14-15-16-17-18-40-23-30(2)43-25-32(4)45-27-34(6)47-28-35(7)46-26-33(5)44-24-31(3)42-22-21-39-19-20-41-29-36(37)38/h30-35H,8-29H2,1-7H3,(H,37,38). The highest BCUT2D eigenvalue weighted by Crippen LogP contribution is 2.11. The Morgan fingerprint density at radius 2 is 0.787 bits per heavy atom. The molecule has 0 bridgehead atoms. The zero-order valence-electron chi connectivity index (χ0n) is 31.1. The van der Waals surface area contributed by atoms with Crippen molar-refractivity contribution in [3.8, 4) is 0 Å². The van der Waals surface area contributed by atoms with Gasteiger partial charge in [0.25, 0.3) is 0 Å². The highest BCUT2D eigenvalue weighted by molar-refractivity contribution is 5.67. The first-order valence-corrected chi connectivity index (χ1v) is 18.3. The monoisotopic (exact) mass is 681 g/mol. The molecule has 0 heterocycles. The van der Waals surface area contributed by atoms with Gasteiger partial charge in [-0.3, -0.25) is 0 Å². The topological polar surface area (TPSA) is 120 Å². The number of carboxylic acid groups (broad SMARTS) is 1. The van der Waals surface area contributed by atoms with Crippen LogP contribution in [-0.2, 0) is 47.4 Å². The predicted molar refractivity (Wildman–Crippen MR) is 184 cm³/mol. The lowest BCUT2D eigenvalue weighted by molar-refractivity contribution is -0.142. The lowest BCUT2D eigenvalue weighted by atomic mass is 10.1. The van der Waals surface area contributed by atoms with Gasteiger partial charge in [0.2, 0.25) is 0 Å². The normalized spacial score (nSPS) is 15.7. The van der Waals surface area contributed by atoms with E-state index in [-0.39, 0.29) is 49.8 Å². The zero-order chi connectivity index (χ0) is 35.0. The van der Waals surface area contributed by atoms with Crippen molar-refractivity contribution >= 4 is 5.97 Å². The van der Waals surface area contributed by atoms with Crippen molar-refractivity contribution in [2.75, 3.05) is 79.3 Å². The molecule has 0 amide bonds. The van der Waals surface area contributed by atoms with Crippen LogP contribution in [0, 0.1) is 0 Å². The number of hydrogen-bond acceptors (Lipinski definition) is 10. The smallest absolute Gasteiger partial charge is 0.329 e. The van der Waals surface area contributed by atoms with Crippen LogP contribution in [0.1, 0.15) is 113 Å². The number of carbonyl (C=O) groups is 1. The quantitative estimate of drug-likeness (QED) is 0.0727. The van der Waals surface area contributed by atoms with Gasteiger partial charge in [0.1, 0.15) is 6.61 Å². The molecule has 0 aromatic carbocycles. The molecule has 6 atom stereocenters. The van der Waals surface area contributed by atoms with Gasteiger partial charge in [0, 0.05) is 6.61 Å². The van der Waals surface area contributed by atoms with Gasteiger partial charge in [0.05, 0.1) is 103 Å². The van der Waals surface area contributed by atoms with E-state index in [0.717, 1.165) is 13.0 Å². The maximum Gasteiger partial charge on any atom is 0.329 e. The molecule has 0 radical (unpaired) electrons. The average Bonchev–Trinajstić information content (AvgIpc) is 3.04. The second-order valence-corrected chi connectivity index (χ2v) is 12.7. The summed E-state index contributed by atoms with van der Waals surface area (Å²) in [7, 11) is 0. The summed E-state index contributed by atoms with van der Waals surface area (Å²) in [6.07, 6.45) is 13.0. The van der Waals surface area contributed by atoms with Crippen molar-refractivity contribution in [3.63, 3.8) is 0 Å². The Labute approximate surface area is 286 Å². The maximum atomic E-state index is 10.4. The molecule has 0 aliphatic rings. The molecule has 0 saturated heterocycles. The van der Waals surface area contributed by atoms with E-state index in [9.17, 15) is 4.79 Å². The van der Waals surface area contributed by atoms with Gasteiger partial charge in [-0.15, -0.1) is 0 Å². The van der Waals surface area contributed by atoms with Gasteiger partial charge >= 0.3 is 5.97 Å². The van der Waals surface area contributed by atoms with Crippen LogP contribution in [0.4, 0.5) is 0 Å². The molecule has 11 nitrogen and oxygen atoms in total. The fourth-order valence-electron chi connectivity index (χ4n) is 4.42. The Hall–Kier alpha value is -0.890. The molecular formula is C36H72O11. The van der Waals surface area contributed by atoms with Crippen LogP contribution in [0.2, 0.25) is 0 Å². The van der Waals surface area contributed by atoms with E-state index >= 15 is 0 Å². The maximum absolute atomic E-state index is 10.4. The van der Waals surface area contributed by atoms with Crippen LogP contribution in [-0.4, -0.2) is 127 Å². The summed E-state index contributed by atoms with van der Waals surface area (Å²) >= 11 is 0. The summed E-state index contributed by atoms with van der Waals surface area (Å²) in [5.74, 6) is -0.992. The summed E-state index contributed by atoms with van der Waals surface area (Å²) in [6.45, 7) is 19.1. The lowest BCUT2D eigenvalue weighted by Crippen LogP contribution is -2.30. The number of hydrogen-bond donors (Lipinski definition) is 1. The Balaban J connectivity index is 3.67. The zero-order valence-corrected chi connectivity index (χ0v) is 31.1. The number of aliphatic carboxylic acids is 1. The van der Waals surface area contributed by atoms with Gasteiger partial charge in [0.15, 0.2) is 0 Å². The average molecular weight is 681 g/mol. The highest BCUT2D eigenvalue weighted by atomic mass is 16.6. The van der Waals surface area contributed by atoms with Crippen molar-refractivity contribution in [2.24, 2.45) is 0 Å². The molecule has 0 aliphatic carbocycles. The molecule has 0 saturated carbocycles. The van der Waals surface area contributed by atoms with E-state index in [2.05, 4.69) is 6.92 Å². The molecule has 47 heavy (non-hydrogen) atoms. The summed E-state index contributed by atoms with van der Waals surface area (Å²) < 4.78 is 51.2. The minimum absolute atomic E-state index is 0.0268. The molecule has 282 valence electrons. The van der Waals surface area contributed by atoms with Crippen LogP contribution in [0.15, 0.2) is 0 Å². The van der Waals surface area contributed by atoms with E-state index in [0.29, 0.717) is 59.5 Å². The van der Waals surface area contributed by atoms with Crippen LogP contribution in [0.25, 0.3) is 0 Å². The van der Waals surface area contributed by atoms with Gasteiger partial charge in [-0.25, -0.2) is 4.79 Å². The summed E-state index contributed by atoms with van der Waals surface area (Å²) in [5.41, 5.74) is 0. The summed E-state index contributed by atoms with van der Waals surface area (Å²) in [4.78, 5) is 10.4. The molecule has 0 spiro atoms. The highest BCUT2D eigenvalue weighted by Gasteiger charge is 2.13. The largest absolute Gasteiger partial charge is 0.480 e. The number of carboxylic acids is 1. The van der Waals surface area contributed by atoms with Crippen molar-refractivity contribution in [3.05, 3.63) is 0 Å². The second kappa shape index (κ2) is 33.6. The van der Waals surface area contributed by atoms with Crippen molar-refractivity contribution in [1.29, 1.82) is 0 Å². The summed E-state index contributed by atoms with van der Waals surface area (Å²) in [5, 5.41) is 8.50. The minimum atomic E-state index is -0.992. The van der Waals surface area contributed by atoms with Gasteiger partial charge in [-0.1, -0.05) is 64.7 Å². The van der Waals surface area contributed by atoms with Crippen LogP contribution in [0.3, 0.4) is 0 Å². The molecule has 0 aromatic heterocycles. The molecule has 11 heteroatoms. The van der Waals surface area contributed by atoms with Crippen molar-refractivity contribution in [2.45, 2.75) is 149 Å². The fraction of sp³-hybridized carbons (Fsp3) is 0.972. The first kappa shape index (κ1) is 46.1. The van der Waals surface area contributed by atoms with E-state index in [4.69, 9.17) is 47.7 Å². The van der Waals surface area contributed by atoms with Gasteiger partial charge in [-0.2, -0.15) is 0 Å². The van der Waals surface area contributed by atoms with Crippen molar-refractivity contribution < 1.29 is 52.5 Å². The van der Waals surface area contributed by atoms with E-state index in [1.54, 1.807) is 0 Å². The third-order valence-corrected chi connectivity index (χ3v) is 7.30. The Morgan fingerprint density at radius 3 is 1.23 bits per heavy atom. The van der Waals surface area contributed by atoms with Crippen LogP contribution < -0.4 is 0 Å². The molecule has 0 aromatic rings. The Bertz CT molecular complexity index is 669. The third kappa shape index (κ3) is 34.8. The SMILES string of the molecule is CCCCCCCCCCCCOCC(C)OCC(C)OCC(C)OCC(C)OCC(C)OCC(C)OCCOCCOCC(=O)O.